The fourth-order valence-corrected chi connectivity index (χ4v) is 3.44. The molecule has 0 aliphatic carbocycles. The molecule has 150 valence electrons. The van der Waals surface area contributed by atoms with Crippen LogP contribution in [0.15, 0.2) is 54.7 Å². The van der Waals surface area contributed by atoms with Crippen LogP contribution in [0, 0.1) is 0 Å². The largest absolute Gasteiger partial charge is 0.492 e. The smallest absolute Gasteiger partial charge is 0.249 e. The molecule has 0 amide bonds. The van der Waals surface area contributed by atoms with Gasteiger partial charge in [0.05, 0.1) is 18.5 Å². The number of hydrogen-bond donors (Lipinski definition) is 2. The van der Waals surface area contributed by atoms with E-state index < -0.39 is 0 Å². The second kappa shape index (κ2) is 9.23. The molecule has 0 unspecified atom stereocenters. The Bertz CT molecular complexity index is 925. The normalized spacial score (nSPS) is 13.8. The first-order chi connectivity index (χ1) is 14.3. The minimum absolute atomic E-state index is 0.409. The zero-order chi connectivity index (χ0) is 19.9. The lowest BCUT2D eigenvalue weighted by Gasteiger charge is -2.28. The molecular weight excluding hydrogens is 364 g/mol. The van der Waals surface area contributed by atoms with E-state index in [0.717, 1.165) is 30.2 Å². The summed E-state index contributed by atoms with van der Waals surface area (Å²) in [6.07, 6.45) is 5.49. The van der Waals surface area contributed by atoms with E-state index >= 15 is 0 Å². The minimum atomic E-state index is 0.409. The molecule has 1 saturated heterocycles. The second-order valence-corrected chi connectivity index (χ2v) is 6.94. The van der Waals surface area contributed by atoms with E-state index in [4.69, 9.17) is 4.74 Å². The van der Waals surface area contributed by atoms with Crippen LogP contribution >= 0.6 is 0 Å². The van der Waals surface area contributed by atoms with Gasteiger partial charge in [-0.2, -0.15) is 10.1 Å². The van der Waals surface area contributed by atoms with Crippen molar-refractivity contribution in [3.63, 3.8) is 0 Å². The quantitative estimate of drug-likeness (QED) is 0.603. The molecular formula is C22H26N6O. The first kappa shape index (κ1) is 19.0. The topological polar surface area (TPSA) is 75.2 Å². The van der Waals surface area contributed by atoms with Crippen molar-refractivity contribution in [2.24, 2.45) is 0 Å². The number of anilines is 5. The number of benzene rings is 2. The van der Waals surface area contributed by atoms with E-state index in [2.05, 4.69) is 55.0 Å². The van der Waals surface area contributed by atoms with E-state index in [-0.39, 0.29) is 0 Å². The summed E-state index contributed by atoms with van der Waals surface area (Å²) in [6, 6.07) is 16.1. The number of aromatic nitrogens is 3. The van der Waals surface area contributed by atoms with Crippen molar-refractivity contribution in [1.82, 2.24) is 15.2 Å². The van der Waals surface area contributed by atoms with Gasteiger partial charge in [-0.1, -0.05) is 12.1 Å². The van der Waals surface area contributed by atoms with Crippen LogP contribution in [0.5, 0.6) is 5.75 Å². The summed E-state index contributed by atoms with van der Waals surface area (Å²) in [5, 5.41) is 14.6. The van der Waals surface area contributed by atoms with Crippen LogP contribution < -0.4 is 20.3 Å². The van der Waals surface area contributed by atoms with Crippen LogP contribution in [0.25, 0.3) is 0 Å². The van der Waals surface area contributed by atoms with E-state index in [0.29, 0.717) is 18.4 Å². The van der Waals surface area contributed by atoms with Crippen molar-refractivity contribution in [1.29, 1.82) is 0 Å². The van der Waals surface area contributed by atoms with Crippen molar-refractivity contribution >= 4 is 28.8 Å². The summed E-state index contributed by atoms with van der Waals surface area (Å²) in [6.45, 7) is 4.82. The van der Waals surface area contributed by atoms with Crippen LogP contribution in [0.2, 0.25) is 0 Å². The summed E-state index contributed by atoms with van der Waals surface area (Å²) < 4.78 is 5.64. The van der Waals surface area contributed by atoms with Gasteiger partial charge < -0.3 is 20.3 Å². The summed E-state index contributed by atoms with van der Waals surface area (Å²) in [7, 11) is 0. The van der Waals surface area contributed by atoms with Crippen molar-refractivity contribution in [2.45, 2.75) is 26.2 Å². The maximum absolute atomic E-state index is 5.64. The molecule has 1 fully saturated rings. The van der Waals surface area contributed by atoms with Gasteiger partial charge in [0.2, 0.25) is 5.95 Å². The fraction of sp³-hybridized carbons (Fsp3) is 0.318. The zero-order valence-corrected chi connectivity index (χ0v) is 16.6. The predicted octanol–water partition coefficient (Wildman–Crippen LogP) is 4.75. The first-order valence-electron chi connectivity index (χ1n) is 10.1. The minimum Gasteiger partial charge on any atom is -0.492 e. The Morgan fingerprint density at radius 2 is 1.76 bits per heavy atom. The van der Waals surface area contributed by atoms with Crippen molar-refractivity contribution in [3.05, 3.63) is 54.7 Å². The number of piperidine rings is 1. The predicted molar refractivity (Wildman–Crippen MR) is 117 cm³/mol. The molecule has 0 radical (unpaired) electrons. The van der Waals surface area contributed by atoms with Crippen LogP contribution in [-0.4, -0.2) is 34.9 Å². The van der Waals surface area contributed by atoms with Gasteiger partial charge in [0.25, 0.3) is 0 Å². The third-order valence-electron chi connectivity index (χ3n) is 4.85. The summed E-state index contributed by atoms with van der Waals surface area (Å²) in [5.41, 5.74) is 3.04. The van der Waals surface area contributed by atoms with Crippen LogP contribution in [0.1, 0.15) is 26.2 Å². The highest BCUT2D eigenvalue weighted by Gasteiger charge is 2.11. The lowest BCUT2D eigenvalue weighted by Crippen LogP contribution is -2.29. The average Bonchev–Trinajstić information content (AvgIpc) is 2.77. The van der Waals surface area contributed by atoms with Crippen molar-refractivity contribution in [3.8, 4) is 5.75 Å². The third kappa shape index (κ3) is 4.93. The summed E-state index contributed by atoms with van der Waals surface area (Å²) in [4.78, 5) is 6.96. The Hall–Kier alpha value is -3.35. The molecule has 7 heteroatoms. The number of para-hydroxylation sites is 2. The molecule has 2 heterocycles. The summed E-state index contributed by atoms with van der Waals surface area (Å²) in [5.74, 6) is 1.79. The number of nitrogens with zero attached hydrogens (tertiary/aromatic N) is 4. The van der Waals surface area contributed by atoms with Crippen LogP contribution in [-0.2, 0) is 0 Å². The van der Waals surface area contributed by atoms with Crippen molar-refractivity contribution < 1.29 is 4.74 Å². The molecule has 3 aromatic rings. The molecule has 0 spiro atoms. The van der Waals surface area contributed by atoms with Gasteiger partial charge in [-0.05, 0) is 62.6 Å². The fourth-order valence-electron chi connectivity index (χ4n) is 3.44. The van der Waals surface area contributed by atoms with Gasteiger partial charge >= 0.3 is 0 Å². The van der Waals surface area contributed by atoms with Crippen LogP contribution in [0.3, 0.4) is 0 Å². The highest BCUT2D eigenvalue weighted by molar-refractivity contribution is 5.64. The van der Waals surface area contributed by atoms with Gasteiger partial charge in [-0.25, -0.2) is 0 Å². The summed E-state index contributed by atoms with van der Waals surface area (Å²) >= 11 is 0. The van der Waals surface area contributed by atoms with Gasteiger partial charge in [-0.3, -0.25) is 0 Å². The monoisotopic (exact) mass is 390 g/mol. The number of hydrogen-bond acceptors (Lipinski definition) is 7. The maximum Gasteiger partial charge on any atom is 0.249 e. The van der Waals surface area contributed by atoms with E-state index in [1.54, 1.807) is 6.20 Å². The Morgan fingerprint density at radius 3 is 2.55 bits per heavy atom. The van der Waals surface area contributed by atoms with E-state index in [1.165, 1.54) is 24.9 Å². The number of rotatable bonds is 7. The molecule has 1 aliphatic heterocycles. The lowest BCUT2D eigenvalue weighted by atomic mass is 10.1. The molecule has 2 aromatic carbocycles. The number of nitrogens with one attached hydrogen (secondary N) is 2. The van der Waals surface area contributed by atoms with E-state index in [9.17, 15) is 0 Å². The van der Waals surface area contributed by atoms with Gasteiger partial charge in [-0.15, -0.1) is 5.10 Å². The Morgan fingerprint density at radius 1 is 0.966 bits per heavy atom. The third-order valence-corrected chi connectivity index (χ3v) is 4.85. The molecule has 2 N–H and O–H groups in total. The second-order valence-electron chi connectivity index (χ2n) is 6.94. The SMILES string of the molecule is CCOc1ccccc1Nc1nncc(Nc2ccc(N3CCCCC3)cc2)n1. The van der Waals surface area contributed by atoms with Gasteiger partial charge in [0.15, 0.2) is 5.82 Å². The van der Waals surface area contributed by atoms with Crippen LogP contribution in [0.4, 0.5) is 28.8 Å². The maximum atomic E-state index is 5.64. The highest BCUT2D eigenvalue weighted by Crippen LogP contribution is 2.27. The van der Waals surface area contributed by atoms with Gasteiger partial charge in [0, 0.05) is 24.5 Å². The standard InChI is InChI=1S/C22H26N6O/c1-2-29-20-9-5-4-8-19(20)25-22-26-21(16-23-27-22)24-17-10-12-18(13-11-17)28-14-6-3-7-15-28/h4-5,8-13,16H,2-3,6-7,14-15H2,1H3,(H2,24,25,26,27). The molecule has 29 heavy (non-hydrogen) atoms. The average molecular weight is 390 g/mol. The Kier molecular flexibility index (Phi) is 6.04. The molecule has 4 rings (SSSR count). The lowest BCUT2D eigenvalue weighted by molar-refractivity contribution is 0.342. The Balaban J connectivity index is 1.44. The first-order valence-corrected chi connectivity index (χ1v) is 10.1. The molecule has 0 atom stereocenters. The van der Waals surface area contributed by atoms with E-state index in [1.807, 2.05) is 31.2 Å². The zero-order valence-electron chi connectivity index (χ0n) is 16.6. The Labute approximate surface area is 171 Å². The highest BCUT2D eigenvalue weighted by atomic mass is 16.5. The molecule has 0 bridgehead atoms. The molecule has 7 nitrogen and oxygen atoms in total. The molecule has 0 saturated carbocycles. The van der Waals surface area contributed by atoms with Gasteiger partial charge in [0.1, 0.15) is 5.75 Å². The van der Waals surface area contributed by atoms with Crippen molar-refractivity contribution in [2.75, 3.05) is 35.2 Å². The molecule has 1 aliphatic rings. The number of ether oxygens (including phenoxy) is 1. The molecule has 1 aromatic heterocycles.